The molecule has 0 aliphatic heterocycles. The van der Waals surface area contributed by atoms with E-state index in [1.165, 1.54) is 12.1 Å². The number of benzene rings is 1. The molecule has 1 rings (SSSR count). The van der Waals surface area contributed by atoms with E-state index in [9.17, 15) is 13.6 Å². The number of hydrogen-bond donors (Lipinski definition) is 2. The molecule has 0 heterocycles. The summed E-state index contributed by atoms with van der Waals surface area (Å²) >= 11 is 0. The minimum atomic E-state index is -2.90. The summed E-state index contributed by atoms with van der Waals surface area (Å²) in [6.07, 6.45) is -3.26. The van der Waals surface area contributed by atoms with E-state index in [0.717, 1.165) is 0 Å². The van der Waals surface area contributed by atoms with E-state index in [4.69, 9.17) is 9.84 Å². The highest BCUT2D eigenvalue weighted by molar-refractivity contribution is 5.96. The van der Waals surface area contributed by atoms with E-state index < -0.39 is 25.0 Å². The van der Waals surface area contributed by atoms with Gasteiger partial charge in [-0.25, -0.2) is 8.78 Å². The van der Waals surface area contributed by atoms with E-state index in [-0.39, 0.29) is 12.2 Å². The number of alkyl halides is 2. The lowest BCUT2D eigenvalue weighted by Crippen LogP contribution is -2.36. The molecule has 6 heteroatoms. The van der Waals surface area contributed by atoms with Crippen LogP contribution in [-0.2, 0) is 0 Å². The number of aliphatic hydroxyl groups is 1. The molecule has 1 atom stereocenters. The molecule has 0 bridgehead atoms. The Morgan fingerprint density at radius 2 is 2.16 bits per heavy atom. The average molecular weight is 271 g/mol. The summed E-state index contributed by atoms with van der Waals surface area (Å²) in [4.78, 5) is 11.8. The normalized spacial score (nSPS) is 12.0. The maximum atomic E-state index is 12.1. The quantitative estimate of drug-likeness (QED) is 0.741. The van der Waals surface area contributed by atoms with Crippen LogP contribution >= 0.6 is 0 Å². The highest BCUT2D eigenvalue weighted by atomic mass is 19.3. The summed E-state index contributed by atoms with van der Waals surface area (Å²) in [5.41, 5.74) is 0.214. The molecule has 0 aliphatic carbocycles. The summed E-state index contributed by atoms with van der Waals surface area (Å²) in [7, 11) is 0. The molecule has 1 aromatic rings. The molecular formula is C13H15F2NO3. The summed E-state index contributed by atoms with van der Waals surface area (Å²) < 4.78 is 29.5. The molecule has 4 nitrogen and oxygen atoms in total. The highest BCUT2D eigenvalue weighted by Crippen LogP contribution is 2.17. The second-order valence-electron chi connectivity index (χ2n) is 3.71. The van der Waals surface area contributed by atoms with Gasteiger partial charge in [0.25, 0.3) is 12.3 Å². The van der Waals surface area contributed by atoms with Gasteiger partial charge in [0.15, 0.2) is 0 Å². The maximum absolute atomic E-state index is 12.1. The van der Waals surface area contributed by atoms with Crippen LogP contribution in [0, 0.1) is 0 Å². The highest BCUT2D eigenvalue weighted by Gasteiger charge is 2.19. The van der Waals surface area contributed by atoms with E-state index in [2.05, 4.69) is 11.9 Å². The monoisotopic (exact) mass is 271 g/mol. The van der Waals surface area contributed by atoms with Gasteiger partial charge in [-0.15, -0.1) is 0 Å². The van der Waals surface area contributed by atoms with Crippen LogP contribution in [0.4, 0.5) is 8.78 Å². The molecule has 0 aromatic heterocycles. The van der Waals surface area contributed by atoms with Crippen LogP contribution in [0.5, 0.6) is 5.75 Å². The molecule has 0 radical (unpaired) electrons. The zero-order chi connectivity index (χ0) is 14.3. The van der Waals surface area contributed by atoms with Crippen LogP contribution in [0.1, 0.15) is 10.4 Å². The Kier molecular flexibility index (Phi) is 5.95. The lowest BCUT2D eigenvalue weighted by Gasteiger charge is -2.13. The summed E-state index contributed by atoms with van der Waals surface area (Å²) in [6, 6.07) is 6.40. The number of nitrogens with one attached hydrogen (secondary N) is 1. The van der Waals surface area contributed by atoms with Gasteiger partial charge >= 0.3 is 0 Å². The van der Waals surface area contributed by atoms with Gasteiger partial charge in [-0.3, -0.25) is 4.79 Å². The first kappa shape index (κ1) is 15.1. The zero-order valence-electron chi connectivity index (χ0n) is 10.2. The molecule has 0 spiro atoms. The van der Waals surface area contributed by atoms with Gasteiger partial charge in [0.05, 0.1) is 5.56 Å². The van der Waals surface area contributed by atoms with Crippen molar-refractivity contribution in [3.8, 4) is 5.75 Å². The van der Waals surface area contributed by atoms with Gasteiger partial charge in [0.1, 0.15) is 18.5 Å². The van der Waals surface area contributed by atoms with Crippen molar-refractivity contribution in [2.75, 3.05) is 13.2 Å². The molecule has 19 heavy (non-hydrogen) atoms. The number of carbonyl (C=O) groups excluding carboxylic acids is 1. The van der Waals surface area contributed by atoms with Crippen molar-refractivity contribution in [3.05, 3.63) is 42.5 Å². The van der Waals surface area contributed by atoms with Crippen molar-refractivity contribution in [2.45, 2.75) is 12.5 Å². The van der Waals surface area contributed by atoms with E-state index >= 15 is 0 Å². The summed E-state index contributed by atoms with van der Waals surface area (Å²) in [6.45, 7) is 3.19. The molecule has 0 fully saturated rings. The van der Waals surface area contributed by atoms with Crippen molar-refractivity contribution in [1.82, 2.24) is 5.32 Å². The van der Waals surface area contributed by atoms with Crippen molar-refractivity contribution in [3.63, 3.8) is 0 Å². The Morgan fingerprint density at radius 1 is 1.47 bits per heavy atom. The second kappa shape index (κ2) is 7.48. The zero-order valence-corrected chi connectivity index (χ0v) is 10.2. The fraction of sp³-hybridized carbons (Fsp3) is 0.308. The minimum absolute atomic E-state index is 0.214. The third kappa shape index (κ3) is 4.67. The molecular weight excluding hydrogens is 256 g/mol. The number of carbonyl (C=O) groups is 1. The van der Waals surface area contributed by atoms with E-state index in [1.54, 1.807) is 18.2 Å². The number of aliphatic hydroxyl groups excluding tert-OH is 1. The molecule has 1 aromatic carbocycles. The number of rotatable bonds is 7. The maximum Gasteiger partial charge on any atom is 0.265 e. The predicted octanol–water partition coefficient (Wildman–Crippen LogP) is 1.61. The average Bonchev–Trinajstić information content (AvgIpc) is 2.42. The van der Waals surface area contributed by atoms with Crippen LogP contribution in [-0.4, -0.2) is 36.7 Å². The Morgan fingerprint density at radius 3 is 2.79 bits per heavy atom. The first-order valence-corrected chi connectivity index (χ1v) is 5.63. The van der Waals surface area contributed by atoms with Gasteiger partial charge in [-0.1, -0.05) is 24.8 Å². The van der Waals surface area contributed by atoms with Crippen molar-refractivity contribution in [1.29, 1.82) is 0 Å². The number of halogens is 2. The van der Waals surface area contributed by atoms with Crippen LogP contribution in [0.3, 0.4) is 0 Å². The molecule has 0 saturated carbocycles. The Bertz CT molecular complexity index is 438. The molecule has 104 valence electrons. The van der Waals surface area contributed by atoms with Crippen LogP contribution in [0.2, 0.25) is 0 Å². The van der Waals surface area contributed by atoms with Gasteiger partial charge in [0, 0.05) is 6.54 Å². The topological polar surface area (TPSA) is 58.6 Å². The van der Waals surface area contributed by atoms with E-state index in [1.807, 2.05) is 0 Å². The van der Waals surface area contributed by atoms with Crippen molar-refractivity contribution >= 4 is 5.91 Å². The smallest absolute Gasteiger partial charge is 0.265 e. The Hall–Kier alpha value is -1.95. The van der Waals surface area contributed by atoms with E-state index in [0.29, 0.717) is 5.75 Å². The molecule has 0 aliphatic rings. The number of hydrogen-bond acceptors (Lipinski definition) is 3. The summed E-state index contributed by atoms with van der Waals surface area (Å²) in [5.74, 6) is -0.259. The first-order chi connectivity index (χ1) is 9.06. The first-order valence-electron chi connectivity index (χ1n) is 5.63. The fourth-order valence-corrected chi connectivity index (χ4v) is 1.31. The lowest BCUT2D eigenvalue weighted by molar-refractivity contribution is -0.00271. The number of ether oxygens (including phenoxy) is 1. The number of amides is 1. The second-order valence-corrected chi connectivity index (χ2v) is 3.71. The SMILES string of the molecule is C=CCOc1ccccc1C(=O)NCC(O)C(F)F. The van der Waals surface area contributed by atoms with Gasteiger partial charge in [-0.05, 0) is 12.1 Å². The van der Waals surface area contributed by atoms with Crippen molar-refractivity contribution < 1.29 is 23.4 Å². The fourth-order valence-electron chi connectivity index (χ4n) is 1.31. The van der Waals surface area contributed by atoms with Gasteiger partial charge in [0.2, 0.25) is 0 Å². The molecule has 1 amide bonds. The lowest BCUT2D eigenvalue weighted by atomic mass is 10.2. The molecule has 2 N–H and O–H groups in total. The van der Waals surface area contributed by atoms with Crippen molar-refractivity contribution in [2.24, 2.45) is 0 Å². The predicted molar refractivity (Wildman–Crippen MR) is 66.5 cm³/mol. The number of para-hydroxylation sites is 1. The minimum Gasteiger partial charge on any atom is -0.489 e. The van der Waals surface area contributed by atoms with Crippen LogP contribution in [0.25, 0.3) is 0 Å². The molecule has 0 saturated heterocycles. The third-order valence-corrected chi connectivity index (χ3v) is 2.25. The Balaban J connectivity index is 2.68. The standard InChI is InChI=1S/C13H15F2NO3/c1-2-7-19-11-6-4-3-5-9(11)13(18)16-8-10(17)12(14)15/h2-6,10,12,17H,1,7-8H2,(H,16,18). The largest absolute Gasteiger partial charge is 0.489 e. The summed E-state index contributed by atoms with van der Waals surface area (Å²) in [5, 5.41) is 11.1. The van der Waals surface area contributed by atoms with Gasteiger partial charge < -0.3 is 15.2 Å². The molecule has 1 unspecified atom stereocenters. The third-order valence-electron chi connectivity index (χ3n) is 2.25. The van der Waals surface area contributed by atoms with Crippen LogP contribution < -0.4 is 10.1 Å². The Labute approximate surface area is 109 Å². The van der Waals surface area contributed by atoms with Gasteiger partial charge in [-0.2, -0.15) is 0 Å². The van der Waals surface area contributed by atoms with Crippen LogP contribution in [0.15, 0.2) is 36.9 Å².